The average Bonchev–Trinajstić information content (AvgIpc) is 2.63. The molecule has 1 fully saturated rings. The third-order valence-electron chi connectivity index (χ3n) is 1.63. The highest BCUT2D eigenvalue weighted by Crippen LogP contribution is 2.33. The topological polar surface area (TPSA) is 48.8 Å². The largest absolute Gasteiger partial charge is 0.0940 e. The second kappa shape index (κ2) is 3.36. The molecule has 0 amide bonds. The SMILES string of the molecule is [N-]=[N+]=NCCCC1CC1. The van der Waals surface area contributed by atoms with Crippen LogP contribution >= 0.6 is 0 Å². The van der Waals surface area contributed by atoms with Gasteiger partial charge in [-0.05, 0) is 17.9 Å². The summed E-state index contributed by atoms with van der Waals surface area (Å²) >= 11 is 0. The zero-order chi connectivity index (χ0) is 6.53. The quantitative estimate of drug-likeness (QED) is 0.240. The van der Waals surface area contributed by atoms with Gasteiger partial charge < -0.3 is 0 Å². The number of azide groups is 1. The van der Waals surface area contributed by atoms with Gasteiger partial charge >= 0.3 is 0 Å². The van der Waals surface area contributed by atoms with Crippen LogP contribution in [0.5, 0.6) is 0 Å². The Labute approximate surface area is 54.7 Å². The first-order valence-electron chi connectivity index (χ1n) is 3.44. The Bertz CT molecular complexity index is 122. The highest BCUT2D eigenvalue weighted by molar-refractivity contribution is 4.72. The van der Waals surface area contributed by atoms with Crippen LogP contribution in [0, 0.1) is 5.92 Å². The lowest BCUT2D eigenvalue weighted by Gasteiger charge is -1.89. The van der Waals surface area contributed by atoms with Crippen LogP contribution in [0.25, 0.3) is 10.4 Å². The minimum absolute atomic E-state index is 0.688. The molecule has 0 atom stereocenters. The Kier molecular flexibility index (Phi) is 2.40. The van der Waals surface area contributed by atoms with Crippen molar-refractivity contribution < 1.29 is 0 Å². The first-order chi connectivity index (χ1) is 4.43. The van der Waals surface area contributed by atoms with Gasteiger partial charge in [-0.1, -0.05) is 24.4 Å². The minimum atomic E-state index is 0.688. The van der Waals surface area contributed by atoms with Crippen molar-refractivity contribution >= 4 is 0 Å². The van der Waals surface area contributed by atoms with Crippen molar-refractivity contribution in [3.8, 4) is 0 Å². The zero-order valence-electron chi connectivity index (χ0n) is 5.45. The van der Waals surface area contributed by atoms with Crippen molar-refractivity contribution in [1.82, 2.24) is 0 Å². The van der Waals surface area contributed by atoms with Crippen LogP contribution in [-0.2, 0) is 0 Å². The van der Waals surface area contributed by atoms with E-state index < -0.39 is 0 Å². The number of nitrogens with zero attached hydrogens (tertiary/aromatic N) is 3. The summed E-state index contributed by atoms with van der Waals surface area (Å²) in [6, 6.07) is 0. The van der Waals surface area contributed by atoms with E-state index in [1.807, 2.05) is 0 Å². The molecule has 0 radical (unpaired) electrons. The van der Waals surface area contributed by atoms with E-state index in [4.69, 9.17) is 5.53 Å². The van der Waals surface area contributed by atoms with E-state index in [1.165, 1.54) is 19.3 Å². The standard InChI is InChI=1S/C6H11N3/c7-9-8-5-1-2-6-3-4-6/h6H,1-5H2. The van der Waals surface area contributed by atoms with E-state index in [1.54, 1.807) is 0 Å². The second-order valence-corrected chi connectivity index (χ2v) is 2.54. The van der Waals surface area contributed by atoms with Crippen LogP contribution in [0.2, 0.25) is 0 Å². The highest BCUT2D eigenvalue weighted by Gasteiger charge is 2.19. The molecule has 0 spiro atoms. The summed E-state index contributed by atoms with van der Waals surface area (Å²) in [5, 5.41) is 3.45. The van der Waals surface area contributed by atoms with Crippen LogP contribution in [-0.4, -0.2) is 6.54 Å². The molecule has 50 valence electrons. The van der Waals surface area contributed by atoms with Crippen LogP contribution in [0.3, 0.4) is 0 Å². The molecule has 0 aromatic rings. The summed E-state index contributed by atoms with van der Waals surface area (Å²) in [6.45, 7) is 0.688. The van der Waals surface area contributed by atoms with E-state index in [-0.39, 0.29) is 0 Å². The molecule has 0 unspecified atom stereocenters. The van der Waals surface area contributed by atoms with Crippen molar-refractivity contribution in [1.29, 1.82) is 0 Å². The summed E-state index contributed by atoms with van der Waals surface area (Å²) in [6.07, 6.45) is 5.14. The summed E-state index contributed by atoms with van der Waals surface area (Å²) in [5.41, 5.74) is 7.91. The predicted octanol–water partition coefficient (Wildman–Crippen LogP) is 2.49. The van der Waals surface area contributed by atoms with Crippen LogP contribution in [0.15, 0.2) is 5.11 Å². The maximum atomic E-state index is 7.91. The van der Waals surface area contributed by atoms with Crippen molar-refractivity contribution in [3.63, 3.8) is 0 Å². The van der Waals surface area contributed by atoms with E-state index in [0.29, 0.717) is 6.54 Å². The van der Waals surface area contributed by atoms with Gasteiger partial charge in [0.1, 0.15) is 0 Å². The summed E-state index contributed by atoms with van der Waals surface area (Å²) in [5.74, 6) is 0.971. The van der Waals surface area contributed by atoms with Gasteiger partial charge in [-0.3, -0.25) is 0 Å². The van der Waals surface area contributed by atoms with Crippen molar-refractivity contribution in [2.75, 3.05) is 6.54 Å². The molecule has 3 nitrogen and oxygen atoms in total. The molecule has 0 N–H and O–H groups in total. The molecule has 1 aliphatic rings. The van der Waals surface area contributed by atoms with Gasteiger partial charge in [-0.2, -0.15) is 0 Å². The van der Waals surface area contributed by atoms with Crippen molar-refractivity contribution in [2.24, 2.45) is 11.0 Å². The molecular formula is C6H11N3. The monoisotopic (exact) mass is 125 g/mol. The lowest BCUT2D eigenvalue weighted by molar-refractivity contribution is 0.674. The second-order valence-electron chi connectivity index (χ2n) is 2.54. The molecule has 0 aromatic carbocycles. The Morgan fingerprint density at radius 1 is 1.56 bits per heavy atom. The molecule has 3 heteroatoms. The smallest absolute Gasteiger partial charge is 0.0258 e. The predicted molar refractivity (Wildman–Crippen MR) is 36.0 cm³/mol. The number of hydrogen-bond donors (Lipinski definition) is 0. The molecule has 0 bridgehead atoms. The average molecular weight is 125 g/mol. The van der Waals surface area contributed by atoms with Crippen LogP contribution in [0.4, 0.5) is 0 Å². The normalized spacial score (nSPS) is 16.9. The van der Waals surface area contributed by atoms with Gasteiger partial charge in [-0.15, -0.1) is 0 Å². The fraction of sp³-hybridized carbons (Fsp3) is 1.00. The maximum Gasteiger partial charge on any atom is 0.0258 e. The fourth-order valence-electron chi connectivity index (χ4n) is 0.902. The molecule has 0 heterocycles. The highest BCUT2D eigenvalue weighted by atomic mass is 15.1. The summed E-state index contributed by atoms with van der Waals surface area (Å²) in [7, 11) is 0. The fourth-order valence-corrected chi connectivity index (χ4v) is 0.902. The number of hydrogen-bond acceptors (Lipinski definition) is 1. The van der Waals surface area contributed by atoms with E-state index >= 15 is 0 Å². The Morgan fingerprint density at radius 2 is 2.33 bits per heavy atom. The molecule has 0 aliphatic heterocycles. The Hall–Kier alpha value is -0.690. The van der Waals surface area contributed by atoms with Gasteiger partial charge in [0, 0.05) is 11.5 Å². The van der Waals surface area contributed by atoms with Crippen molar-refractivity contribution in [2.45, 2.75) is 25.7 Å². The molecule has 1 aliphatic carbocycles. The maximum absolute atomic E-state index is 7.91. The van der Waals surface area contributed by atoms with Crippen LogP contribution < -0.4 is 0 Å². The molecule has 1 rings (SSSR count). The van der Waals surface area contributed by atoms with Gasteiger partial charge in [0.15, 0.2) is 0 Å². The zero-order valence-corrected chi connectivity index (χ0v) is 5.45. The van der Waals surface area contributed by atoms with Gasteiger partial charge in [-0.25, -0.2) is 0 Å². The third kappa shape index (κ3) is 2.98. The van der Waals surface area contributed by atoms with E-state index in [2.05, 4.69) is 10.0 Å². The molecule has 0 saturated heterocycles. The first kappa shape index (κ1) is 6.43. The lowest BCUT2D eigenvalue weighted by Crippen LogP contribution is -1.80. The van der Waals surface area contributed by atoms with Gasteiger partial charge in [0.25, 0.3) is 0 Å². The molecule has 1 saturated carbocycles. The Balaban J connectivity index is 1.86. The minimum Gasteiger partial charge on any atom is -0.0940 e. The van der Waals surface area contributed by atoms with Crippen molar-refractivity contribution in [3.05, 3.63) is 10.4 Å². The lowest BCUT2D eigenvalue weighted by atomic mass is 10.2. The summed E-state index contributed by atoms with van der Waals surface area (Å²) < 4.78 is 0. The molecule has 9 heavy (non-hydrogen) atoms. The van der Waals surface area contributed by atoms with E-state index in [0.717, 1.165) is 12.3 Å². The summed E-state index contributed by atoms with van der Waals surface area (Å²) in [4.78, 5) is 2.68. The number of rotatable bonds is 4. The van der Waals surface area contributed by atoms with Gasteiger partial charge in [0.2, 0.25) is 0 Å². The first-order valence-corrected chi connectivity index (χ1v) is 3.44. The van der Waals surface area contributed by atoms with Crippen LogP contribution in [0.1, 0.15) is 25.7 Å². The molecule has 0 aromatic heterocycles. The Morgan fingerprint density at radius 3 is 2.89 bits per heavy atom. The van der Waals surface area contributed by atoms with Gasteiger partial charge in [0.05, 0.1) is 0 Å². The third-order valence-corrected chi connectivity index (χ3v) is 1.63. The molecular weight excluding hydrogens is 114 g/mol. The van der Waals surface area contributed by atoms with E-state index in [9.17, 15) is 0 Å².